The average Bonchev–Trinajstić information content (AvgIpc) is 2.79. The lowest BCUT2D eigenvalue weighted by atomic mass is 10.1. The summed E-state index contributed by atoms with van der Waals surface area (Å²) in [5.74, 6) is -1.05. The largest absolute Gasteiger partial charge is 0.492 e. The summed E-state index contributed by atoms with van der Waals surface area (Å²) in [5, 5.41) is 2.26. The number of urea groups is 1. The molecule has 1 heterocycles. The van der Waals surface area contributed by atoms with Crippen molar-refractivity contribution in [2.24, 2.45) is 0 Å². The van der Waals surface area contributed by atoms with Crippen LogP contribution in [0.25, 0.3) is 6.08 Å². The van der Waals surface area contributed by atoms with Crippen LogP contribution < -0.4 is 15.0 Å². The van der Waals surface area contributed by atoms with Crippen molar-refractivity contribution in [2.75, 3.05) is 11.5 Å². The minimum absolute atomic E-state index is 0.128. The molecule has 0 spiro atoms. The molecule has 4 rings (SSSR count). The fourth-order valence-corrected chi connectivity index (χ4v) is 4.20. The van der Waals surface area contributed by atoms with Crippen molar-refractivity contribution >= 4 is 41.4 Å². The number of ether oxygens (including phenoxy) is 1. The van der Waals surface area contributed by atoms with Gasteiger partial charge in [-0.25, -0.2) is 9.69 Å². The second-order valence-electron chi connectivity index (χ2n) is 6.81. The summed E-state index contributed by atoms with van der Waals surface area (Å²) >= 11 is 1.52. The van der Waals surface area contributed by atoms with Crippen LogP contribution in [0.4, 0.5) is 10.5 Å². The number of nitrogens with one attached hydrogen (secondary N) is 1. The maximum absolute atomic E-state index is 13.3. The summed E-state index contributed by atoms with van der Waals surface area (Å²) in [6.07, 6.45) is 1.52. The third-order valence-electron chi connectivity index (χ3n) is 4.70. The van der Waals surface area contributed by atoms with Crippen molar-refractivity contribution in [2.45, 2.75) is 16.7 Å². The molecule has 160 valence electrons. The van der Waals surface area contributed by atoms with Gasteiger partial charge in [0.05, 0.1) is 12.3 Å². The van der Waals surface area contributed by atoms with Gasteiger partial charge in [-0.3, -0.25) is 14.9 Å². The first-order valence-corrected chi connectivity index (χ1v) is 10.9. The van der Waals surface area contributed by atoms with Crippen LogP contribution in [0.15, 0.2) is 94.2 Å². The molecule has 0 bridgehead atoms. The lowest BCUT2D eigenvalue weighted by Gasteiger charge is -2.27. The van der Waals surface area contributed by atoms with E-state index >= 15 is 0 Å². The topological polar surface area (TPSA) is 75.7 Å². The van der Waals surface area contributed by atoms with E-state index in [9.17, 15) is 14.4 Å². The molecule has 1 N–H and O–H groups in total. The molecule has 1 aliphatic heterocycles. The number of benzene rings is 3. The van der Waals surface area contributed by atoms with E-state index in [1.807, 2.05) is 61.5 Å². The summed E-state index contributed by atoms with van der Waals surface area (Å²) in [4.78, 5) is 41.3. The van der Waals surface area contributed by atoms with E-state index in [2.05, 4.69) is 5.32 Å². The zero-order chi connectivity index (χ0) is 22.5. The number of hydrogen-bond donors (Lipinski definition) is 1. The normalized spacial score (nSPS) is 15.1. The standard InChI is InChI=1S/C25H20N2O4S/c1-2-31-21-14-8-7-13-20(21)27-24(29)19(23(28)26-25(27)30)16-17-10-6-9-15-22(17)32-18-11-4-3-5-12-18/h3-16H,2H2,1H3,(H,26,28,30)/b19-16-. The predicted octanol–water partition coefficient (Wildman–Crippen LogP) is 4.90. The summed E-state index contributed by atoms with van der Waals surface area (Å²) in [6, 6.07) is 23.2. The Kier molecular flexibility index (Phi) is 6.37. The number of nitrogens with zero attached hydrogens (tertiary/aromatic N) is 1. The zero-order valence-corrected chi connectivity index (χ0v) is 18.1. The highest BCUT2D eigenvalue weighted by molar-refractivity contribution is 7.99. The van der Waals surface area contributed by atoms with Crippen molar-refractivity contribution < 1.29 is 19.1 Å². The molecule has 1 fully saturated rings. The van der Waals surface area contributed by atoms with E-state index in [4.69, 9.17) is 4.74 Å². The number of imide groups is 2. The SMILES string of the molecule is CCOc1ccccc1N1C(=O)NC(=O)/C(=C/c2ccccc2Sc2ccccc2)C1=O. The Hall–Kier alpha value is -3.84. The van der Waals surface area contributed by atoms with Gasteiger partial charge in [-0.2, -0.15) is 0 Å². The first-order valence-electron chi connectivity index (χ1n) is 10.0. The third kappa shape index (κ3) is 4.43. The molecule has 0 aliphatic carbocycles. The molecular formula is C25H20N2O4S. The molecule has 1 saturated heterocycles. The highest BCUT2D eigenvalue weighted by Gasteiger charge is 2.38. The van der Waals surface area contributed by atoms with Crippen molar-refractivity contribution in [3.8, 4) is 5.75 Å². The molecule has 6 nitrogen and oxygen atoms in total. The third-order valence-corrected chi connectivity index (χ3v) is 5.80. The first kappa shape index (κ1) is 21.4. The Morgan fingerprint density at radius 2 is 1.59 bits per heavy atom. The average molecular weight is 445 g/mol. The molecule has 7 heteroatoms. The van der Waals surface area contributed by atoms with E-state index < -0.39 is 17.8 Å². The van der Waals surface area contributed by atoms with Crippen LogP contribution in [0.2, 0.25) is 0 Å². The molecule has 0 saturated carbocycles. The van der Waals surface area contributed by atoms with Gasteiger partial charge in [0, 0.05) is 9.79 Å². The highest BCUT2D eigenvalue weighted by Crippen LogP contribution is 2.34. The number of carbonyl (C=O) groups is 3. The zero-order valence-electron chi connectivity index (χ0n) is 17.3. The molecule has 32 heavy (non-hydrogen) atoms. The van der Waals surface area contributed by atoms with Crippen LogP contribution in [0.1, 0.15) is 12.5 Å². The van der Waals surface area contributed by atoms with E-state index in [0.717, 1.165) is 14.7 Å². The molecule has 0 aromatic heterocycles. The minimum atomic E-state index is -0.809. The Bertz CT molecular complexity index is 1210. The van der Waals surface area contributed by atoms with E-state index in [0.29, 0.717) is 17.9 Å². The van der Waals surface area contributed by atoms with Gasteiger partial charge in [-0.15, -0.1) is 0 Å². The number of amides is 4. The summed E-state index contributed by atoms with van der Waals surface area (Å²) in [6.45, 7) is 2.18. The monoisotopic (exact) mass is 444 g/mol. The van der Waals surface area contributed by atoms with Gasteiger partial charge < -0.3 is 4.74 Å². The van der Waals surface area contributed by atoms with Crippen molar-refractivity contribution in [1.29, 1.82) is 0 Å². The van der Waals surface area contributed by atoms with Crippen LogP contribution in [0.3, 0.4) is 0 Å². The second kappa shape index (κ2) is 9.53. The fourth-order valence-electron chi connectivity index (χ4n) is 3.26. The molecule has 3 aromatic carbocycles. The van der Waals surface area contributed by atoms with E-state index in [-0.39, 0.29) is 11.3 Å². The highest BCUT2D eigenvalue weighted by atomic mass is 32.2. The molecule has 4 amide bonds. The lowest BCUT2D eigenvalue weighted by molar-refractivity contribution is -0.122. The van der Waals surface area contributed by atoms with Crippen LogP contribution in [0, 0.1) is 0 Å². The molecular weight excluding hydrogens is 424 g/mol. The number of barbiturate groups is 1. The molecule has 3 aromatic rings. The van der Waals surface area contributed by atoms with Gasteiger partial charge in [-0.1, -0.05) is 60.3 Å². The maximum atomic E-state index is 13.3. The summed E-state index contributed by atoms with van der Waals surface area (Å²) < 4.78 is 5.57. The quantitative estimate of drug-likeness (QED) is 0.432. The Morgan fingerprint density at radius 3 is 2.38 bits per heavy atom. The first-order chi connectivity index (χ1) is 15.6. The van der Waals surface area contributed by atoms with E-state index in [1.54, 1.807) is 24.3 Å². The van der Waals surface area contributed by atoms with Gasteiger partial charge in [0.15, 0.2) is 0 Å². The summed E-state index contributed by atoms with van der Waals surface area (Å²) in [5.41, 5.74) is 0.853. The molecule has 0 atom stereocenters. The number of anilines is 1. The number of hydrogen-bond acceptors (Lipinski definition) is 5. The number of para-hydroxylation sites is 2. The number of rotatable bonds is 6. The van der Waals surface area contributed by atoms with Crippen molar-refractivity contribution in [3.05, 3.63) is 90.0 Å². The van der Waals surface area contributed by atoms with Crippen LogP contribution in [-0.2, 0) is 9.59 Å². The van der Waals surface area contributed by atoms with Crippen molar-refractivity contribution in [1.82, 2.24) is 5.32 Å². The van der Waals surface area contributed by atoms with Gasteiger partial charge >= 0.3 is 6.03 Å². The van der Waals surface area contributed by atoms with Gasteiger partial charge in [-0.05, 0) is 48.9 Å². The lowest BCUT2D eigenvalue weighted by Crippen LogP contribution is -2.54. The van der Waals surface area contributed by atoms with Crippen LogP contribution >= 0.6 is 11.8 Å². The van der Waals surface area contributed by atoms with Gasteiger partial charge in [0.2, 0.25) is 0 Å². The molecule has 0 radical (unpaired) electrons. The smallest absolute Gasteiger partial charge is 0.336 e. The minimum Gasteiger partial charge on any atom is -0.492 e. The molecule has 1 aliphatic rings. The fraction of sp³-hybridized carbons (Fsp3) is 0.0800. The maximum Gasteiger partial charge on any atom is 0.336 e. The Labute approximate surface area is 189 Å². The van der Waals surface area contributed by atoms with Crippen LogP contribution in [0.5, 0.6) is 5.75 Å². The Balaban J connectivity index is 1.72. The number of carbonyl (C=O) groups excluding carboxylic acids is 3. The van der Waals surface area contributed by atoms with Gasteiger partial charge in [0.1, 0.15) is 11.3 Å². The second-order valence-corrected chi connectivity index (χ2v) is 7.93. The van der Waals surface area contributed by atoms with Crippen molar-refractivity contribution in [3.63, 3.8) is 0 Å². The van der Waals surface area contributed by atoms with Crippen LogP contribution in [-0.4, -0.2) is 24.5 Å². The van der Waals surface area contributed by atoms with E-state index in [1.165, 1.54) is 17.8 Å². The van der Waals surface area contributed by atoms with Gasteiger partial charge in [0.25, 0.3) is 11.8 Å². The Morgan fingerprint density at radius 1 is 0.906 bits per heavy atom. The molecule has 0 unspecified atom stereocenters. The predicted molar refractivity (Wildman–Crippen MR) is 124 cm³/mol. The summed E-state index contributed by atoms with van der Waals surface area (Å²) in [7, 11) is 0.